The molecule has 2 heterocycles. The molecule has 0 unspecified atom stereocenters. The summed E-state index contributed by atoms with van der Waals surface area (Å²) in [6, 6.07) is 0. The van der Waals surface area contributed by atoms with E-state index in [-0.39, 0.29) is 0 Å². The van der Waals surface area contributed by atoms with Gasteiger partial charge in [-0.2, -0.15) is 0 Å². The highest BCUT2D eigenvalue weighted by Gasteiger charge is 2.18. The van der Waals surface area contributed by atoms with Crippen molar-refractivity contribution in [3.8, 4) is 0 Å². The smallest absolute Gasteiger partial charge is 0.111 e. The van der Waals surface area contributed by atoms with E-state index in [0.717, 1.165) is 11.4 Å². The van der Waals surface area contributed by atoms with Crippen molar-refractivity contribution in [2.24, 2.45) is 4.99 Å². The predicted molar refractivity (Wildman–Crippen MR) is 43.2 cm³/mol. The van der Waals surface area contributed by atoms with Crippen LogP contribution in [0.1, 0.15) is 0 Å². The molecule has 11 heavy (non-hydrogen) atoms. The third kappa shape index (κ3) is 1.15. The average molecular weight is 191 g/mol. The molecule has 0 atom stereocenters. The Morgan fingerprint density at radius 1 is 1.36 bits per heavy atom. The first-order chi connectivity index (χ1) is 5.25. The fourth-order valence-electron chi connectivity index (χ4n) is 0.853. The molecule has 0 saturated carbocycles. The topological polar surface area (TPSA) is 30.9 Å². The molecule has 0 aromatic rings. The molecule has 0 bridgehead atoms. The molecule has 2 aliphatic rings. The van der Waals surface area contributed by atoms with Crippen molar-refractivity contribution in [1.82, 2.24) is 14.4 Å². The van der Waals surface area contributed by atoms with Gasteiger partial charge in [0, 0.05) is 23.6 Å². The van der Waals surface area contributed by atoms with Crippen LogP contribution in [0.2, 0.25) is 0 Å². The SMILES string of the molecule is ClN1C=NC2=CN(Cl)NC2=C1. The fraction of sp³-hybridized carbons (Fsp3) is 0. The first-order valence-electron chi connectivity index (χ1n) is 2.90. The molecule has 6 heteroatoms. The maximum atomic E-state index is 5.61. The maximum absolute atomic E-state index is 5.61. The van der Waals surface area contributed by atoms with Crippen LogP contribution in [-0.4, -0.2) is 15.3 Å². The fourth-order valence-corrected chi connectivity index (χ4v) is 1.18. The summed E-state index contributed by atoms with van der Waals surface area (Å²) in [5, 5.41) is 0. The highest BCUT2D eigenvalue weighted by atomic mass is 35.5. The average Bonchev–Trinajstić information content (AvgIpc) is 2.27. The third-order valence-electron chi connectivity index (χ3n) is 1.30. The van der Waals surface area contributed by atoms with E-state index < -0.39 is 0 Å². The first kappa shape index (κ1) is 6.82. The summed E-state index contributed by atoms with van der Waals surface area (Å²) in [5.41, 5.74) is 4.38. The number of nitrogens with one attached hydrogen (secondary N) is 1. The highest BCUT2D eigenvalue weighted by Crippen LogP contribution is 2.21. The van der Waals surface area contributed by atoms with Crippen LogP contribution in [0, 0.1) is 0 Å². The van der Waals surface area contributed by atoms with Crippen LogP contribution in [0.4, 0.5) is 0 Å². The van der Waals surface area contributed by atoms with Gasteiger partial charge in [-0.25, -0.2) is 13.9 Å². The van der Waals surface area contributed by atoms with Gasteiger partial charge < -0.3 is 0 Å². The van der Waals surface area contributed by atoms with Crippen LogP contribution >= 0.6 is 23.6 Å². The summed E-state index contributed by atoms with van der Waals surface area (Å²) in [4.78, 5) is 4.00. The molecular formula is C5H4Cl2N4. The second kappa shape index (κ2) is 2.32. The van der Waals surface area contributed by atoms with Crippen molar-refractivity contribution in [1.29, 1.82) is 0 Å². The highest BCUT2D eigenvalue weighted by molar-refractivity contribution is 6.20. The molecular weight excluding hydrogens is 187 g/mol. The van der Waals surface area contributed by atoms with Gasteiger partial charge in [0.2, 0.25) is 0 Å². The maximum Gasteiger partial charge on any atom is 0.111 e. The zero-order valence-corrected chi connectivity index (χ0v) is 6.84. The minimum atomic E-state index is 0.775. The van der Waals surface area contributed by atoms with E-state index in [9.17, 15) is 0 Å². The summed E-state index contributed by atoms with van der Waals surface area (Å²) in [7, 11) is 0. The van der Waals surface area contributed by atoms with Gasteiger partial charge >= 0.3 is 0 Å². The summed E-state index contributed by atoms with van der Waals surface area (Å²) < 4.78 is 2.63. The Hall–Kier alpha value is -0.870. The van der Waals surface area contributed by atoms with Gasteiger partial charge in [-0.15, -0.1) is 0 Å². The Morgan fingerprint density at radius 3 is 3.00 bits per heavy atom. The van der Waals surface area contributed by atoms with Crippen LogP contribution in [0.3, 0.4) is 0 Å². The zero-order valence-electron chi connectivity index (χ0n) is 5.33. The molecule has 0 aliphatic carbocycles. The molecule has 4 nitrogen and oxygen atoms in total. The number of hydrogen-bond donors (Lipinski definition) is 1. The Kier molecular flexibility index (Phi) is 1.44. The van der Waals surface area contributed by atoms with Crippen LogP contribution in [0.5, 0.6) is 0 Å². The number of hydrogen-bond acceptors (Lipinski definition) is 4. The molecule has 2 aliphatic heterocycles. The largest absolute Gasteiger partial charge is 0.280 e. The quantitative estimate of drug-likeness (QED) is 0.582. The van der Waals surface area contributed by atoms with E-state index in [1.807, 2.05) is 0 Å². The Labute approximate surface area is 73.6 Å². The van der Waals surface area contributed by atoms with Gasteiger partial charge in [0.05, 0.1) is 12.4 Å². The minimum absolute atomic E-state index is 0.775. The van der Waals surface area contributed by atoms with Gasteiger partial charge in [-0.1, -0.05) is 0 Å². The summed E-state index contributed by atoms with van der Waals surface area (Å²) in [6.45, 7) is 0. The van der Waals surface area contributed by atoms with Gasteiger partial charge in [0.1, 0.15) is 17.7 Å². The standard InChI is InChI=1S/C5H4Cl2N4/c6-10-1-5-4(8-3-10)2-11(7)9-5/h1-3,9H. The number of halogens is 2. The van der Waals surface area contributed by atoms with Crippen molar-refractivity contribution >= 4 is 29.9 Å². The molecule has 0 radical (unpaired) electrons. The Bertz CT molecular complexity index is 270. The van der Waals surface area contributed by atoms with Crippen LogP contribution in [-0.2, 0) is 0 Å². The molecule has 1 N–H and O–H groups in total. The van der Waals surface area contributed by atoms with E-state index in [1.165, 1.54) is 15.3 Å². The summed E-state index contributed by atoms with van der Waals surface area (Å²) in [6.07, 6.45) is 4.84. The Balaban J connectivity index is 2.32. The minimum Gasteiger partial charge on any atom is -0.280 e. The molecule has 0 aromatic heterocycles. The number of rotatable bonds is 0. The number of fused-ring (bicyclic) bond motifs is 1. The van der Waals surface area contributed by atoms with Gasteiger partial charge in [0.25, 0.3) is 0 Å². The van der Waals surface area contributed by atoms with Gasteiger partial charge in [-0.3, -0.25) is 5.43 Å². The molecule has 0 spiro atoms. The lowest BCUT2D eigenvalue weighted by molar-refractivity contribution is 0.530. The normalized spacial score (nSPS) is 20.9. The lowest BCUT2D eigenvalue weighted by Gasteiger charge is -2.11. The van der Waals surface area contributed by atoms with E-state index >= 15 is 0 Å². The van der Waals surface area contributed by atoms with Crippen molar-refractivity contribution in [3.63, 3.8) is 0 Å². The molecule has 0 aromatic carbocycles. The number of hydrazine groups is 1. The second-order valence-electron chi connectivity index (χ2n) is 2.07. The summed E-state index contributed by atoms with van der Waals surface area (Å²) in [5.74, 6) is 0. The van der Waals surface area contributed by atoms with Crippen LogP contribution < -0.4 is 5.43 Å². The Morgan fingerprint density at radius 2 is 2.18 bits per heavy atom. The summed E-state index contributed by atoms with van der Waals surface area (Å²) >= 11 is 11.2. The van der Waals surface area contributed by atoms with E-state index in [0.29, 0.717) is 0 Å². The zero-order chi connectivity index (χ0) is 7.84. The van der Waals surface area contributed by atoms with Gasteiger partial charge in [-0.05, 0) is 0 Å². The molecule has 0 amide bonds. The third-order valence-corrected chi connectivity index (χ3v) is 1.67. The number of aliphatic imine (C=N–C) groups is 1. The molecule has 2 rings (SSSR count). The lowest BCUT2D eigenvalue weighted by Crippen LogP contribution is -2.20. The molecule has 0 saturated heterocycles. The monoisotopic (exact) mass is 190 g/mol. The van der Waals surface area contributed by atoms with Crippen molar-refractivity contribution in [2.75, 3.05) is 0 Å². The van der Waals surface area contributed by atoms with E-state index in [2.05, 4.69) is 10.4 Å². The first-order valence-corrected chi connectivity index (χ1v) is 3.57. The van der Waals surface area contributed by atoms with Crippen LogP contribution in [0.15, 0.2) is 28.8 Å². The molecule has 58 valence electrons. The predicted octanol–water partition coefficient (Wildman–Crippen LogP) is 1.14. The van der Waals surface area contributed by atoms with E-state index in [1.54, 1.807) is 12.4 Å². The lowest BCUT2D eigenvalue weighted by atomic mass is 10.4. The number of nitrogens with zero attached hydrogens (tertiary/aromatic N) is 3. The van der Waals surface area contributed by atoms with Crippen LogP contribution in [0.25, 0.3) is 0 Å². The molecule has 0 fully saturated rings. The van der Waals surface area contributed by atoms with Crippen molar-refractivity contribution in [3.05, 3.63) is 23.8 Å². The van der Waals surface area contributed by atoms with E-state index in [4.69, 9.17) is 23.6 Å². The van der Waals surface area contributed by atoms with Gasteiger partial charge in [0.15, 0.2) is 0 Å². The second-order valence-corrected chi connectivity index (χ2v) is 2.82. The van der Waals surface area contributed by atoms with Crippen molar-refractivity contribution < 1.29 is 0 Å². The van der Waals surface area contributed by atoms with Crippen molar-refractivity contribution in [2.45, 2.75) is 0 Å².